The Morgan fingerprint density at radius 1 is 1.39 bits per heavy atom. The molecule has 0 spiro atoms. The van der Waals surface area contributed by atoms with Crippen LogP contribution in [0.25, 0.3) is 0 Å². The maximum atomic E-state index is 5.59. The molecule has 2 saturated heterocycles. The van der Waals surface area contributed by atoms with Crippen LogP contribution in [0, 0.1) is 11.8 Å². The number of nitrogens with one attached hydrogen (secondary N) is 1. The topological polar surface area (TPSA) is 24.5 Å². The number of hydrogen-bond acceptors (Lipinski definition) is 3. The third-order valence-corrected chi connectivity index (χ3v) is 5.08. The van der Waals surface area contributed by atoms with Gasteiger partial charge in [-0.05, 0) is 58.5 Å². The highest BCUT2D eigenvalue weighted by atomic mass is 16.5. The van der Waals surface area contributed by atoms with Crippen LogP contribution in [0.15, 0.2) is 0 Å². The fraction of sp³-hybridized carbons (Fsp3) is 1.00. The van der Waals surface area contributed by atoms with E-state index < -0.39 is 0 Å². The van der Waals surface area contributed by atoms with Gasteiger partial charge in [-0.15, -0.1) is 0 Å². The Hall–Kier alpha value is -0.120. The van der Waals surface area contributed by atoms with Crippen molar-refractivity contribution >= 4 is 0 Å². The van der Waals surface area contributed by atoms with Crippen molar-refractivity contribution in [1.29, 1.82) is 0 Å². The van der Waals surface area contributed by atoms with E-state index in [0.29, 0.717) is 6.04 Å². The summed E-state index contributed by atoms with van der Waals surface area (Å²) in [5.41, 5.74) is -0.00629. The van der Waals surface area contributed by atoms with E-state index in [1.807, 2.05) is 7.11 Å². The van der Waals surface area contributed by atoms with Gasteiger partial charge in [-0.3, -0.25) is 4.90 Å². The summed E-state index contributed by atoms with van der Waals surface area (Å²) in [7, 11) is 1.83. The fourth-order valence-corrected chi connectivity index (χ4v) is 4.01. The van der Waals surface area contributed by atoms with Gasteiger partial charge in [0.1, 0.15) is 0 Å². The molecule has 2 aliphatic heterocycles. The summed E-state index contributed by atoms with van der Waals surface area (Å²) in [5.74, 6) is 1.76. The molecule has 1 N–H and O–H groups in total. The molecule has 2 rings (SSSR count). The lowest BCUT2D eigenvalue weighted by molar-refractivity contribution is -0.00956. The Labute approximate surface area is 112 Å². The molecule has 18 heavy (non-hydrogen) atoms. The van der Waals surface area contributed by atoms with Crippen LogP contribution in [0.3, 0.4) is 0 Å². The number of ether oxygens (including phenoxy) is 1. The van der Waals surface area contributed by atoms with E-state index in [1.54, 1.807) is 0 Å². The normalized spacial score (nSPS) is 34.8. The highest BCUT2D eigenvalue weighted by Crippen LogP contribution is 2.37. The van der Waals surface area contributed by atoms with Gasteiger partial charge in [0, 0.05) is 25.7 Å². The smallest absolute Gasteiger partial charge is 0.0637 e. The van der Waals surface area contributed by atoms with E-state index in [9.17, 15) is 0 Å². The van der Waals surface area contributed by atoms with Gasteiger partial charge in [-0.1, -0.05) is 6.92 Å². The summed E-state index contributed by atoms with van der Waals surface area (Å²) in [6, 6.07) is 1.39. The van der Waals surface area contributed by atoms with Crippen molar-refractivity contribution in [1.82, 2.24) is 10.2 Å². The minimum Gasteiger partial charge on any atom is -0.379 e. The fourth-order valence-electron chi connectivity index (χ4n) is 4.01. The van der Waals surface area contributed by atoms with Crippen LogP contribution in [-0.2, 0) is 4.74 Å². The van der Waals surface area contributed by atoms with Gasteiger partial charge in [-0.2, -0.15) is 0 Å². The maximum absolute atomic E-state index is 5.59. The molecule has 0 bridgehead atoms. The molecule has 2 aliphatic rings. The van der Waals surface area contributed by atoms with Gasteiger partial charge in [0.2, 0.25) is 0 Å². The highest BCUT2D eigenvalue weighted by molar-refractivity contribution is 5.00. The van der Waals surface area contributed by atoms with Gasteiger partial charge >= 0.3 is 0 Å². The van der Waals surface area contributed by atoms with Crippen LogP contribution in [0.2, 0.25) is 0 Å². The Morgan fingerprint density at radius 2 is 2.11 bits per heavy atom. The van der Waals surface area contributed by atoms with Crippen molar-refractivity contribution in [3.8, 4) is 0 Å². The molecule has 2 heterocycles. The Bertz CT molecular complexity index is 280. The zero-order valence-electron chi connectivity index (χ0n) is 12.7. The molecular formula is C15H30N2O. The van der Waals surface area contributed by atoms with E-state index in [2.05, 4.69) is 37.9 Å². The predicted molar refractivity (Wildman–Crippen MR) is 75.8 cm³/mol. The number of hydrogen-bond donors (Lipinski definition) is 1. The second-order valence-corrected chi connectivity index (χ2v) is 6.77. The molecular weight excluding hydrogens is 224 g/mol. The van der Waals surface area contributed by atoms with Crippen molar-refractivity contribution in [2.45, 2.75) is 58.2 Å². The lowest BCUT2D eigenvalue weighted by atomic mass is 9.92. The van der Waals surface area contributed by atoms with Crippen molar-refractivity contribution in [3.63, 3.8) is 0 Å². The van der Waals surface area contributed by atoms with Crippen molar-refractivity contribution in [2.24, 2.45) is 11.8 Å². The van der Waals surface area contributed by atoms with Crippen molar-refractivity contribution in [3.05, 3.63) is 0 Å². The molecule has 2 fully saturated rings. The lowest BCUT2D eigenvalue weighted by Crippen LogP contribution is -2.44. The lowest BCUT2D eigenvalue weighted by Gasteiger charge is -2.36. The minimum absolute atomic E-state index is 0.00629. The number of methoxy groups -OCH3 is 1. The van der Waals surface area contributed by atoms with E-state index >= 15 is 0 Å². The Kier molecular flexibility index (Phi) is 4.35. The Balaban J connectivity index is 2.00. The molecule has 4 unspecified atom stereocenters. The van der Waals surface area contributed by atoms with Crippen LogP contribution in [0.5, 0.6) is 0 Å². The van der Waals surface area contributed by atoms with E-state index in [0.717, 1.165) is 24.3 Å². The quantitative estimate of drug-likeness (QED) is 0.813. The van der Waals surface area contributed by atoms with Crippen LogP contribution >= 0.6 is 0 Å². The second-order valence-electron chi connectivity index (χ2n) is 6.77. The third kappa shape index (κ3) is 2.73. The average Bonchev–Trinajstić information content (AvgIpc) is 2.87. The summed E-state index contributed by atoms with van der Waals surface area (Å²) in [6.45, 7) is 12.8. The molecule has 3 nitrogen and oxygen atoms in total. The van der Waals surface area contributed by atoms with Crippen LogP contribution in [0.4, 0.5) is 0 Å². The first-order valence-corrected chi connectivity index (χ1v) is 7.50. The summed E-state index contributed by atoms with van der Waals surface area (Å²) in [4.78, 5) is 2.75. The second kappa shape index (κ2) is 5.48. The van der Waals surface area contributed by atoms with Gasteiger partial charge in [0.25, 0.3) is 0 Å². The molecule has 0 saturated carbocycles. The molecule has 0 aromatic heterocycles. The van der Waals surface area contributed by atoms with Crippen LogP contribution in [-0.4, -0.2) is 49.3 Å². The maximum Gasteiger partial charge on any atom is 0.0637 e. The first-order valence-electron chi connectivity index (χ1n) is 7.50. The molecule has 0 aromatic rings. The predicted octanol–water partition coefficient (Wildman–Crippen LogP) is 2.12. The highest BCUT2D eigenvalue weighted by Gasteiger charge is 2.45. The first kappa shape index (κ1) is 14.3. The van der Waals surface area contributed by atoms with Gasteiger partial charge < -0.3 is 10.1 Å². The van der Waals surface area contributed by atoms with Crippen LogP contribution in [0.1, 0.15) is 40.5 Å². The van der Waals surface area contributed by atoms with E-state index in [1.165, 1.54) is 26.1 Å². The summed E-state index contributed by atoms with van der Waals surface area (Å²) in [6.07, 6.45) is 2.40. The first-order chi connectivity index (χ1) is 8.48. The monoisotopic (exact) mass is 254 g/mol. The molecule has 106 valence electrons. The zero-order chi connectivity index (χ0) is 13.3. The van der Waals surface area contributed by atoms with Gasteiger partial charge in [-0.25, -0.2) is 0 Å². The molecule has 4 atom stereocenters. The standard InChI is InChI=1S/C15H30N2O/c1-6-14-13-9-16-8-12(13)10-17(14)11(2)7-15(3,4)18-5/h11-14,16H,6-10H2,1-5H3. The zero-order valence-corrected chi connectivity index (χ0v) is 12.7. The van der Waals surface area contributed by atoms with E-state index in [-0.39, 0.29) is 5.60 Å². The molecule has 0 aliphatic carbocycles. The number of rotatable bonds is 5. The molecule has 3 heteroatoms. The molecule has 0 amide bonds. The van der Waals surface area contributed by atoms with Crippen LogP contribution < -0.4 is 5.32 Å². The number of fused-ring (bicyclic) bond motifs is 1. The van der Waals surface area contributed by atoms with E-state index in [4.69, 9.17) is 4.74 Å². The van der Waals surface area contributed by atoms with Crippen molar-refractivity contribution in [2.75, 3.05) is 26.7 Å². The average molecular weight is 254 g/mol. The molecule has 0 radical (unpaired) electrons. The number of nitrogens with zero attached hydrogens (tertiary/aromatic N) is 1. The molecule has 0 aromatic carbocycles. The summed E-state index contributed by atoms with van der Waals surface area (Å²) < 4.78 is 5.59. The largest absolute Gasteiger partial charge is 0.379 e. The van der Waals surface area contributed by atoms with Crippen molar-refractivity contribution < 1.29 is 4.74 Å². The SMILES string of the molecule is CCC1C2CNCC2CN1C(C)CC(C)(C)OC. The Morgan fingerprint density at radius 3 is 2.72 bits per heavy atom. The van der Waals surface area contributed by atoms with Gasteiger partial charge in [0.15, 0.2) is 0 Å². The minimum atomic E-state index is -0.00629. The number of likely N-dealkylation sites (tertiary alicyclic amines) is 1. The van der Waals surface area contributed by atoms with Gasteiger partial charge in [0.05, 0.1) is 5.60 Å². The summed E-state index contributed by atoms with van der Waals surface area (Å²) in [5, 5.41) is 3.56. The summed E-state index contributed by atoms with van der Waals surface area (Å²) >= 11 is 0. The third-order valence-electron chi connectivity index (χ3n) is 5.08.